The van der Waals surface area contributed by atoms with Crippen LogP contribution in [-0.2, 0) is 9.59 Å². The van der Waals surface area contributed by atoms with E-state index in [4.69, 9.17) is 0 Å². The number of aromatic nitrogens is 1. The maximum atomic E-state index is 12.5. The number of nitrogens with zero attached hydrogens (tertiary/aromatic N) is 2. The van der Waals surface area contributed by atoms with Gasteiger partial charge in [0.15, 0.2) is 5.13 Å². The first kappa shape index (κ1) is 15.9. The van der Waals surface area contributed by atoms with Crippen molar-refractivity contribution in [3.63, 3.8) is 0 Å². The van der Waals surface area contributed by atoms with Gasteiger partial charge >= 0.3 is 6.03 Å². The largest absolute Gasteiger partial charge is 0.325 e. The minimum Gasteiger partial charge on any atom is -0.323 e. The van der Waals surface area contributed by atoms with Crippen molar-refractivity contribution < 1.29 is 14.4 Å². The second-order valence-electron chi connectivity index (χ2n) is 6.13. The Labute approximate surface area is 138 Å². The van der Waals surface area contributed by atoms with Crippen LogP contribution in [0, 0.1) is 13.8 Å². The third-order valence-corrected chi connectivity index (χ3v) is 5.53. The van der Waals surface area contributed by atoms with Crippen LogP contribution in [0.2, 0.25) is 0 Å². The second-order valence-corrected chi connectivity index (χ2v) is 7.34. The molecule has 8 heteroatoms. The molecule has 2 heterocycles. The van der Waals surface area contributed by atoms with E-state index in [1.165, 1.54) is 16.2 Å². The molecule has 1 aliphatic carbocycles. The Morgan fingerprint density at radius 1 is 1.35 bits per heavy atom. The molecule has 2 aliphatic rings. The average molecular weight is 336 g/mol. The zero-order valence-electron chi connectivity index (χ0n) is 13.3. The van der Waals surface area contributed by atoms with Crippen molar-refractivity contribution in [2.75, 3.05) is 11.9 Å². The highest BCUT2D eigenvalue weighted by Gasteiger charge is 2.52. The molecule has 2 fully saturated rings. The number of imide groups is 1. The molecule has 1 aromatic rings. The highest BCUT2D eigenvalue weighted by atomic mass is 32.1. The molecule has 124 valence electrons. The lowest BCUT2D eigenvalue weighted by atomic mass is 9.98. The number of thiazole rings is 1. The van der Waals surface area contributed by atoms with Gasteiger partial charge in [-0.25, -0.2) is 9.78 Å². The third-order valence-electron chi connectivity index (χ3n) is 4.54. The van der Waals surface area contributed by atoms with E-state index in [1.54, 1.807) is 0 Å². The second kappa shape index (κ2) is 5.92. The molecule has 0 bridgehead atoms. The maximum Gasteiger partial charge on any atom is 0.325 e. The third kappa shape index (κ3) is 2.95. The molecule has 1 spiro atoms. The quantitative estimate of drug-likeness (QED) is 0.822. The zero-order valence-corrected chi connectivity index (χ0v) is 14.1. The predicted octanol–water partition coefficient (Wildman–Crippen LogP) is 1.95. The first-order valence-electron chi connectivity index (χ1n) is 7.79. The molecule has 1 saturated heterocycles. The van der Waals surface area contributed by atoms with E-state index in [2.05, 4.69) is 15.6 Å². The van der Waals surface area contributed by atoms with Gasteiger partial charge in [0.2, 0.25) is 5.91 Å². The van der Waals surface area contributed by atoms with Crippen molar-refractivity contribution in [3.05, 3.63) is 10.6 Å². The number of aryl methyl sites for hydroxylation is 2. The van der Waals surface area contributed by atoms with Gasteiger partial charge in [-0.3, -0.25) is 14.5 Å². The van der Waals surface area contributed by atoms with Crippen LogP contribution in [0.4, 0.5) is 9.93 Å². The Bertz CT molecular complexity index is 644. The van der Waals surface area contributed by atoms with E-state index in [9.17, 15) is 14.4 Å². The standard InChI is InChI=1S/C15H20N4O3S/c1-9-10(2)23-13(16-9)17-11(20)5-8-19-12(21)15(18-14(19)22)6-3-4-7-15/h3-8H2,1-2H3,(H,18,22)(H,16,17,20). The lowest BCUT2D eigenvalue weighted by Crippen LogP contribution is -2.44. The van der Waals surface area contributed by atoms with Crippen LogP contribution in [-0.4, -0.2) is 39.8 Å². The molecule has 1 aromatic heterocycles. The first-order chi connectivity index (χ1) is 10.9. The van der Waals surface area contributed by atoms with E-state index in [0.717, 1.165) is 23.4 Å². The summed E-state index contributed by atoms with van der Waals surface area (Å²) in [6.45, 7) is 3.92. The zero-order chi connectivity index (χ0) is 16.6. The molecule has 0 radical (unpaired) electrons. The lowest BCUT2D eigenvalue weighted by Gasteiger charge is -2.19. The molecule has 7 nitrogen and oxygen atoms in total. The molecule has 23 heavy (non-hydrogen) atoms. The van der Waals surface area contributed by atoms with Crippen molar-refractivity contribution in [3.8, 4) is 0 Å². The van der Waals surface area contributed by atoms with E-state index < -0.39 is 5.54 Å². The normalized spacial score (nSPS) is 19.5. The van der Waals surface area contributed by atoms with Crippen LogP contribution in [0.5, 0.6) is 0 Å². The summed E-state index contributed by atoms with van der Waals surface area (Å²) in [7, 11) is 0. The molecular weight excluding hydrogens is 316 g/mol. The van der Waals surface area contributed by atoms with E-state index in [1.807, 2.05) is 13.8 Å². The van der Waals surface area contributed by atoms with Gasteiger partial charge in [0.05, 0.1) is 5.69 Å². The number of nitrogens with one attached hydrogen (secondary N) is 2. The van der Waals surface area contributed by atoms with Crippen molar-refractivity contribution in [2.24, 2.45) is 0 Å². The fraction of sp³-hybridized carbons (Fsp3) is 0.600. The van der Waals surface area contributed by atoms with Gasteiger partial charge < -0.3 is 10.6 Å². The van der Waals surface area contributed by atoms with Gasteiger partial charge in [-0.05, 0) is 26.7 Å². The Balaban J connectivity index is 1.56. The van der Waals surface area contributed by atoms with Crippen molar-refractivity contribution in [1.82, 2.24) is 15.2 Å². The van der Waals surface area contributed by atoms with Crippen molar-refractivity contribution in [2.45, 2.75) is 51.5 Å². The van der Waals surface area contributed by atoms with E-state index in [0.29, 0.717) is 18.0 Å². The number of anilines is 1. The Kier molecular flexibility index (Phi) is 4.09. The number of hydrogen-bond donors (Lipinski definition) is 2. The summed E-state index contributed by atoms with van der Waals surface area (Å²) in [5.74, 6) is -0.430. The summed E-state index contributed by atoms with van der Waals surface area (Å²) in [5.41, 5.74) is 0.180. The van der Waals surface area contributed by atoms with Gasteiger partial charge in [-0.15, -0.1) is 11.3 Å². The summed E-state index contributed by atoms with van der Waals surface area (Å²) < 4.78 is 0. The molecule has 1 aliphatic heterocycles. The van der Waals surface area contributed by atoms with Crippen LogP contribution in [0.15, 0.2) is 0 Å². The molecule has 0 aromatic carbocycles. The van der Waals surface area contributed by atoms with E-state index >= 15 is 0 Å². The molecule has 2 N–H and O–H groups in total. The summed E-state index contributed by atoms with van der Waals surface area (Å²) in [4.78, 5) is 42.9. The molecule has 4 amide bonds. The van der Waals surface area contributed by atoms with Gasteiger partial charge in [-0.1, -0.05) is 12.8 Å². The van der Waals surface area contributed by atoms with Crippen molar-refractivity contribution >= 4 is 34.3 Å². The fourth-order valence-electron chi connectivity index (χ4n) is 3.12. The Hall–Kier alpha value is -1.96. The molecular formula is C15H20N4O3S. The first-order valence-corrected chi connectivity index (χ1v) is 8.61. The van der Waals surface area contributed by atoms with Crippen LogP contribution in [0.3, 0.4) is 0 Å². The molecule has 0 atom stereocenters. The monoisotopic (exact) mass is 336 g/mol. The van der Waals surface area contributed by atoms with Gasteiger partial charge in [0.25, 0.3) is 5.91 Å². The molecule has 1 saturated carbocycles. The van der Waals surface area contributed by atoms with Gasteiger partial charge in [0, 0.05) is 17.8 Å². The summed E-state index contributed by atoms with van der Waals surface area (Å²) in [5, 5.41) is 6.08. The Morgan fingerprint density at radius 3 is 2.65 bits per heavy atom. The van der Waals surface area contributed by atoms with Gasteiger partial charge in [0.1, 0.15) is 5.54 Å². The van der Waals surface area contributed by atoms with Crippen LogP contribution in [0.25, 0.3) is 0 Å². The summed E-state index contributed by atoms with van der Waals surface area (Å²) in [6, 6.07) is -0.384. The summed E-state index contributed by atoms with van der Waals surface area (Å²) in [6.07, 6.45) is 3.36. The SMILES string of the molecule is Cc1nc(NC(=O)CCN2C(=O)NC3(CCCC3)C2=O)sc1C. The smallest absolute Gasteiger partial charge is 0.323 e. The van der Waals surface area contributed by atoms with Gasteiger partial charge in [-0.2, -0.15) is 0 Å². The topological polar surface area (TPSA) is 91.4 Å². The highest BCUT2D eigenvalue weighted by molar-refractivity contribution is 7.15. The number of amides is 4. The number of carbonyl (C=O) groups excluding carboxylic acids is 3. The maximum absolute atomic E-state index is 12.5. The minimum atomic E-state index is -0.711. The molecule has 0 unspecified atom stereocenters. The Morgan fingerprint density at radius 2 is 2.04 bits per heavy atom. The molecule has 3 rings (SSSR count). The fourth-order valence-corrected chi connectivity index (χ4v) is 3.95. The van der Waals surface area contributed by atoms with Crippen LogP contribution >= 0.6 is 11.3 Å². The highest BCUT2D eigenvalue weighted by Crippen LogP contribution is 2.35. The number of urea groups is 1. The summed E-state index contributed by atoms with van der Waals surface area (Å²) >= 11 is 1.41. The predicted molar refractivity (Wildman–Crippen MR) is 86.3 cm³/mol. The number of carbonyl (C=O) groups is 3. The number of hydrogen-bond acceptors (Lipinski definition) is 5. The lowest BCUT2D eigenvalue weighted by molar-refractivity contribution is -0.131. The van der Waals surface area contributed by atoms with Crippen LogP contribution in [0.1, 0.15) is 42.7 Å². The van der Waals surface area contributed by atoms with Crippen LogP contribution < -0.4 is 10.6 Å². The van der Waals surface area contributed by atoms with E-state index in [-0.39, 0.29) is 30.8 Å². The number of rotatable bonds is 4. The minimum absolute atomic E-state index is 0.0763. The van der Waals surface area contributed by atoms with Crippen molar-refractivity contribution in [1.29, 1.82) is 0 Å². The average Bonchev–Trinajstić information content (AvgIpc) is 3.13.